The molecular weight excluding hydrogens is 194 g/mol. The lowest BCUT2D eigenvalue weighted by molar-refractivity contribution is -0.883. The zero-order valence-electron chi connectivity index (χ0n) is 10.1. The predicted octanol–water partition coefficient (Wildman–Crippen LogP) is -0.330. The minimum absolute atomic E-state index is 0. The van der Waals surface area contributed by atoms with Crippen LogP contribution in [-0.2, 0) is 0 Å². The molecule has 0 saturated heterocycles. The van der Waals surface area contributed by atoms with Gasteiger partial charge in [0.2, 0.25) is 0 Å². The summed E-state index contributed by atoms with van der Waals surface area (Å²) in [4.78, 5) is 0. The number of nitrogens with zero attached hydrogens (tertiary/aromatic N) is 1. The van der Waals surface area contributed by atoms with Gasteiger partial charge in [0, 0.05) is 0 Å². The minimum Gasteiger partial charge on any atom is -1.00 e. The van der Waals surface area contributed by atoms with Gasteiger partial charge >= 0.3 is 0 Å². The summed E-state index contributed by atoms with van der Waals surface area (Å²) < 4.78 is 1.05. The summed E-state index contributed by atoms with van der Waals surface area (Å²) >= 11 is 0. The number of halogens is 1. The van der Waals surface area contributed by atoms with Gasteiger partial charge in [-0.25, -0.2) is 0 Å². The molecule has 0 aliphatic rings. The van der Waals surface area contributed by atoms with Crippen LogP contribution >= 0.6 is 0 Å². The summed E-state index contributed by atoms with van der Waals surface area (Å²) in [7, 11) is 4.52. The van der Waals surface area contributed by atoms with Gasteiger partial charge in [-0.15, -0.1) is 5.92 Å². The van der Waals surface area contributed by atoms with Crippen molar-refractivity contribution in [2.45, 2.75) is 39.5 Å². The number of rotatable bonds is 6. The Bertz CT molecular complexity index is 176. The first-order valence-corrected chi connectivity index (χ1v) is 5.34. The number of unbranched alkanes of at least 4 members (excludes halogenated alkanes) is 3. The van der Waals surface area contributed by atoms with E-state index in [0.29, 0.717) is 0 Å². The maximum Gasteiger partial charge on any atom is 0.140 e. The predicted molar refractivity (Wildman–Crippen MR) is 59.4 cm³/mol. The topological polar surface area (TPSA) is 0 Å². The van der Waals surface area contributed by atoms with Crippen LogP contribution in [-0.4, -0.2) is 31.7 Å². The molecule has 0 unspecified atom stereocenters. The molecule has 0 radical (unpaired) electrons. The Kier molecular flexibility index (Phi) is 10.9. The summed E-state index contributed by atoms with van der Waals surface area (Å²) in [5.74, 6) is 6.11. The second kappa shape index (κ2) is 9.37. The molecule has 14 heavy (non-hydrogen) atoms. The van der Waals surface area contributed by atoms with Gasteiger partial charge in [-0.3, -0.25) is 0 Å². The average Bonchev–Trinajstić information content (AvgIpc) is 2.09. The van der Waals surface area contributed by atoms with Crippen molar-refractivity contribution in [3.05, 3.63) is 0 Å². The van der Waals surface area contributed by atoms with Crippen LogP contribution < -0.4 is 12.4 Å². The Hall–Kier alpha value is -0.190. The van der Waals surface area contributed by atoms with Crippen LogP contribution in [0.5, 0.6) is 0 Å². The minimum atomic E-state index is 0. The highest BCUT2D eigenvalue weighted by Gasteiger charge is 2.11. The van der Waals surface area contributed by atoms with E-state index >= 15 is 0 Å². The van der Waals surface area contributed by atoms with Gasteiger partial charge in [0.15, 0.2) is 0 Å². The molecule has 0 aliphatic heterocycles. The SMILES string of the molecule is CC#CC[N+](C)(C)CCCCCC.[Cl-]. The maximum atomic E-state index is 3.15. The molecule has 0 heterocycles. The van der Waals surface area contributed by atoms with Crippen molar-refractivity contribution < 1.29 is 16.9 Å². The molecule has 0 N–H and O–H groups in total. The largest absolute Gasteiger partial charge is 1.00 e. The first kappa shape index (κ1) is 16.2. The van der Waals surface area contributed by atoms with Crippen molar-refractivity contribution >= 4 is 0 Å². The van der Waals surface area contributed by atoms with Crippen LogP contribution in [0.4, 0.5) is 0 Å². The van der Waals surface area contributed by atoms with E-state index in [2.05, 4.69) is 32.9 Å². The number of hydrogen-bond donors (Lipinski definition) is 0. The number of hydrogen-bond acceptors (Lipinski definition) is 0. The first-order chi connectivity index (χ1) is 6.12. The van der Waals surface area contributed by atoms with Gasteiger partial charge in [-0.1, -0.05) is 19.8 Å². The second-order valence-corrected chi connectivity index (χ2v) is 4.30. The van der Waals surface area contributed by atoms with Gasteiger partial charge in [0.05, 0.1) is 20.6 Å². The lowest BCUT2D eigenvalue weighted by Gasteiger charge is -2.27. The third kappa shape index (κ3) is 9.89. The van der Waals surface area contributed by atoms with Crippen LogP contribution in [0.3, 0.4) is 0 Å². The van der Waals surface area contributed by atoms with Crippen LogP contribution in [0.15, 0.2) is 0 Å². The van der Waals surface area contributed by atoms with Crippen molar-refractivity contribution in [2.24, 2.45) is 0 Å². The Morgan fingerprint density at radius 1 is 1.07 bits per heavy atom. The monoisotopic (exact) mass is 217 g/mol. The van der Waals surface area contributed by atoms with Crippen molar-refractivity contribution in [3.63, 3.8) is 0 Å². The van der Waals surface area contributed by atoms with Crippen LogP contribution in [0, 0.1) is 11.8 Å². The Balaban J connectivity index is 0. The van der Waals surface area contributed by atoms with Gasteiger partial charge in [0.25, 0.3) is 0 Å². The van der Waals surface area contributed by atoms with Gasteiger partial charge in [0.1, 0.15) is 6.54 Å². The molecule has 84 valence electrons. The summed E-state index contributed by atoms with van der Waals surface area (Å²) in [6.07, 6.45) is 5.41. The van der Waals surface area contributed by atoms with Crippen molar-refractivity contribution in [3.8, 4) is 11.8 Å². The highest BCUT2D eigenvalue weighted by atomic mass is 35.5. The molecule has 0 bridgehead atoms. The van der Waals surface area contributed by atoms with Crippen molar-refractivity contribution in [2.75, 3.05) is 27.2 Å². The summed E-state index contributed by atoms with van der Waals surface area (Å²) in [5.41, 5.74) is 0. The molecule has 0 aromatic heterocycles. The Labute approximate surface area is 95.9 Å². The molecule has 0 rings (SSSR count). The van der Waals surface area contributed by atoms with Crippen LogP contribution in [0.1, 0.15) is 39.5 Å². The molecule has 0 aromatic rings. The quantitative estimate of drug-likeness (QED) is 0.325. The molecule has 1 nitrogen and oxygen atoms in total. The van der Waals surface area contributed by atoms with E-state index in [4.69, 9.17) is 0 Å². The summed E-state index contributed by atoms with van der Waals surface area (Å²) in [5, 5.41) is 0. The maximum absolute atomic E-state index is 3.15. The fourth-order valence-electron chi connectivity index (χ4n) is 1.34. The standard InChI is InChI=1S/C12H24N.ClH/c1-5-7-9-10-12-13(3,4)11-8-6-2;/h5,7,9-12H2,1-4H3;1H/q+1;/p-1. The summed E-state index contributed by atoms with van der Waals surface area (Å²) in [6, 6.07) is 0. The van der Waals surface area contributed by atoms with E-state index in [1.165, 1.54) is 32.2 Å². The van der Waals surface area contributed by atoms with E-state index in [1.807, 2.05) is 6.92 Å². The number of quaternary nitrogens is 1. The zero-order valence-corrected chi connectivity index (χ0v) is 10.8. The lowest BCUT2D eigenvalue weighted by Crippen LogP contribution is -3.00. The molecular formula is C12H24ClN. The van der Waals surface area contributed by atoms with Crippen molar-refractivity contribution in [1.82, 2.24) is 0 Å². The van der Waals surface area contributed by atoms with E-state index < -0.39 is 0 Å². The second-order valence-electron chi connectivity index (χ2n) is 4.30. The highest BCUT2D eigenvalue weighted by Crippen LogP contribution is 2.04. The molecule has 0 saturated carbocycles. The molecule has 0 amide bonds. The molecule has 2 heteroatoms. The Morgan fingerprint density at radius 2 is 1.71 bits per heavy atom. The fourth-order valence-corrected chi connectivity index (χ4v) is 1.34. The molecule has 0 fully saturated rings. The van der Waals surface area contributed by atoms with Gasteiger partial charge in [-0.2, -0.15) is 0 Å². The molecule has 0 spiro atoms. The molecule has 0 aromatic carbocycles. The van der Waals surface area contributed by atoms with Gasteiger partial charge < -0.3 is 16.9 Å². The van der Waals surface area contributed by atoms with E-state index in [-0.39, 0.29) is 12.4 Å². The average molecular weight is 218 g/mol. The van der Waals surface area contributed by atoms with E-state index in [1.54, 1.807) is 0 Å². The zero-order chi connectivity index (χ0) is 10.2. The van der Waals surface area contributed by atoms with Crippen molar-refractivity contribution in [1.29, 1.82) is 0 Å². The summed E-state index contributed by atoms with van der Waals surface area (Å²) in [6.45, 7) is 6.41. The van der Waals surface area contributed by atoms with Gasteiger partial charge in [-0.05, 0) is 25.7 Å². The van der Waals surface area contributed by atoms with E-state index in [0.717, 1.165) is 11.0 Å². The Morgan fingerprint density at radius 3 is 2.21 bits per heavy atom. The first-order valence-electron chi connectivity index (χ1n) is 5.34. The smallest absolute Gasteiger partial charge is 0.140 e. The normalized spacial score (nSPS) is 10.0. The van der Waals surface area contributed by atoms with Crippen LogP contribution in [0.2, 0.25) is 0 Å². The third-order valence-electron chi connectivity index (χ3n) is 2.30. The third-order valence-corrected chi connectivity index (χ3v) is 2.30. The van der Waals surface area contributed by atoms with Crippen LogP contribution in [0.25, 0.3) is 0 Å². The molecule has 0 aliphatic carbocycles. The lowest BCUT2D eigenvalue weighted by atomic mass is 10.2. The van der Waals surface area contributed by atoms with E-state index in [9.17, 15) is 0 Å². The highest BCUT2D eigenvalue weighted by molar-refractivity contribution is 4.94. The molecule has 0 atom stereocenters. The fraction of sp³-hybridized carbons (Fsp3) is 0.833.